The second kappa shape index (κ2) is 14.0. The van der Waals surface area contributed by atoms with Crippen LogP contribution in [0.1, 0.15) is 59.3 Å². The van der Waals surface area contributed by atoms with Crippen molar-refractivity contribution in [3.63, 3.8) is 0 Å². The summed E-state index contributed by atoms with van der Waals surface area (Å²) in [5.41, 5.74) is 0. The van der Waals surface area contributed by atoms with Crippen LogP contribution in [0, 0.1) is 5.92 Å². The minimum atomic E-state index is -0.740. The van der Waals surface area contributed by atoms with Crippen molar-refractivity contribution in [3.05, 3.63) is 12.2 Å². The van der Waals surface area contributed by atoms with Gasteiger partial charge in [0.15, 0.2) is 0 Å². The van der Waals surface area contributed by atoms with E-state index in [9.17, 15) is 14.7 Å². The van der Waals surface area contributed by atoms with Gasteiger partial charge in [-0.3, -0.25) is 9.59 Å². The SMILES string of the molecule is CC/C=C/CCCCC(CC(=O)OCC(C)O)C(=O)OCC(C)O. The molecule has 3 unspecified atom stereocenters. The van der Waals surface area contributed by atoms with Gasteiger partial charge in [0.05, 0.1) is 24.5 Å². The van der Waals surface area contributed by atoms with Crippen molar-refractivity contribution in [1.82, 2.24) is 0 Å². The maximum Gasteiger partial charge on any atom is 0.309 e. The van der Waals surface area contributed by atoms with Crippen LogP contribution in [0.5, 0.6) is 0 Å². The molecule has 0 bridgehead atoms. The molecule has 0 aromatic rings. The third kappa shape index (κ3) is 13.1. The molecule has 2 N–H and O–H groups in total. The van der Waals surface area contributed by atoms with Crippen molar-refractivity contribution in [1.29, 1.82) is 0 Å². The molecule has 0 aliphatic rings. The van der Waals surface area contributed by atoms with Gasteiger partial charge in [-0.05, 0) is 39.5 Å². The van der Waals surface area contributed by atoms with Gasteiger partial charge in [-0.1, -0.05) is 25.5 Å². The predicted octanol–water partition coefficient (Wildman–Crippen LogP) is 2.37. The Bertz CT molecular complexity index is 376. The van der Waals surface area contributed by atoms with Gasteiger partial charge in [-0.25, -0.2) is 0 Å². The fourth-order valence-corrected chi connectivity index (χ4v) is 2.03. The summed E-state index contributed by atoms with van der Waals surface area (Å²) < 4.78 is 9.94. The number of allylic oxidation sites excluding steroid dienone is 2. The highest BCUT2D eigenvalue weighted by Gasteiger charge is 2.24. The van der Waals surface area contributed by atoms with E-state index in [4.69, 9.17) is 14.6 Å². The summed E-state index contributed by atoms with van der Waals surface area (Å²) in [5, 5.41) is 18.3. The quantitative estimate of drug-likeness (QED) is 0.303. The van der Waals surface area contributed by atoms with Crippen LogP contribution < -0.4 is 0 Å². The van der Waals surface area contributed by atoms with Gasteiger partial charge in [-0.2, -0.15) is 0 Å². The van der Waals surface area contributed by atoms with E-state index in [1.807, 2.05) is 0 Å². The molecule has 0 radical (unpaired) electrons. The third-order valence-corrected chi connectivity index (χ3v) is 3.27. The lowest BCUT2D eigenvalue weighted by Gasteiger charge is -2.16. The van der Waals surface area contributed by atoms with Gasteiger partial charge in [0.2, 0.25) is 0 Å². The number of ether oxygens (including phenoxy) is 2. The van der Waals surface area contributed by atoms with Crippen LogP contribution in [-0.2, 0) is 19.1 Å². The highest BCUT2D eigenvalue weighted by molar-refractivity contribution is 5.79. The highest BCUT2D eigenvalue weighted by Crippen LogP contribution is 2.17. The Balaban J connectivity index is 4.39. The molecular weight excluding hydrogens is 312 g/mol. The predicted molar refractivity (Wildman–Crippen MR) is 91.3 cm³/mol. The molecule has 24 heavy (non-hydrogen) atoms. The van der Waals surface area contributed by atoms with Gasteiger partial charge < -0.3 is 19.7 Å². The number of aliphatic hydroxyl groups is 2. The second-order valence-corrected chi connectivity index (χ2v) is 6.08. The Morgan fingerprint density at radius 1 is 1.00 bits per heavy atom. The number of esters is 2. The highest BCUT2D eigenvalue weighted by atomic mass is 16.5. The van der Waals surface area contributed by atoms with Crippen LogP contribution in [0.15, 0.2) is 12.2 Å². The maximum absolute atomic E-state index is 12.1. The van der Waals surface area contributed by atoms with Crippen LogP contribution in [0.4, 0.5) is 0 Å². The van der Waals surface area contributed by atoms with Gasteiger partial charge in [0.25, 0.3) is 0 Å². The van der Waals surface area contributed by atoms with Crippen LogP contribution >= 0.6 is 0 Å². The van der Waals surface area contributed by atoms with Crippen LogP contribution in [0.2, 0.25) is 0 Å². The molecule has 0 aliphatic carbocycles. The third-order valence-electron chi connectivity index (χ3n) is 3.27. The second-order valence-electron chi connectivity index (χ2n) is 6.08. The molecule has 0 spiro atoms. The standard InChI is InChI=1S/C18H32O6/c1-4-5-6-7-8-9-10-16(18(22)24-13-15(3)20)11-17(21)23-12-14(2)19/h5-6,14-16,19-20H,4,7-13H2,1-3H3/b6-5+. The van der Waals surface area contributed by atoms with Gasteiger partial charge >= 0.3 is 11.9 Å². The lowest BCUT2D eigenvalue weighted by Crippen LogP contribution is -2.26. The average molecular weight is 344 g/mol. The molecule has 0 aliphatic heterocycles. The zero-order chi connectivity index (χ0) is 18.4. The fraction of sp³-hybridized carbons (Fsp3) is 0.778. The molecule has 0 heterocycles. The van der Waals surface area contributed by atoms with E-state index in [0.717, 1.165) is 25.7 Å². The molecule has 0 rings (SSSR count). The number of carbonyl (C=O) groups is 2. The molecule has 0 saturated heterocycles. The minimum Gasteiger partial charge on any atom is -0.463 e. The van der Waals surface area contributed by atoms with E-state index in [2.05, 4.69) is 19.1 Å². The zero-order valence-electron chi connectivity index (χ0n) is 15.1. The molecule has 0 fully saturated rings. The normalized spacial score (nSPS) is 15.0. The van der Waals surface area contributed by atoms with Gasteiger partial charge in [-0.15, -0.1) is 0 Å². The largest absolute Gasteiger partial charge is 0.463 e. The minimum absolute atomic E-state index is 0.0733. The molecule has 3 atom stereocenters. The Labute approximate surface area is 144 Å². The molecule has 0 aromatic heterocycles. The van der Waals surface area contributed by atoms with Crippen molar-refractivity contribution >= 4 is 11.9 Å². The number of unbranched alkanes of at least 4 members (excludes halogenated alkanes) is 2. The van der Waals surface area contributed by atoms with Gasteiger partial charge in [0, 0.05) is 0 Å². The molecule has 6 heteroatoms. The summed E-state index contributed by atoms with van der Waals surface area (Å²) >= 11 is 0. The summed E-state index contributed by atoms with van der Waals surface area (Å²) in [7, 11) is 0. The number of rotatable bonds is 13. The van der Waals surface area contributed by atoms with Crippen molar-refractivity contribution in [2.45, 2.75) is 71.5 Å². The summed E-state index contributed by atoms with van der Waals surface area (Å²) in [6.45, 7) is 4.95. The molecule has 0 saturated carbocycles. The van der Waals surface area contributed by atoms with Crippen molar-refractivity contribution in [3.8, 4) is 0 Å². The van der Waals surface area contributed by atoms with Crippen molar-refractivity contribution in [2.24, 2.45) is 5.92 Å². The fourth-order valence-electron chi connectivity index (χ4n) is 2.03. The molecular formula is C18H32O6. The first-order valence-corrected chi connectivity index (χ1v) is 8.70. The molecule has 6 nitrogen and oxygen atoms in total. The smallest absolute Gasteiger partial charge is 0.309 e. The van der Waals surface area contributed by atoms with Gasteiger partial charge in [0.1, 0.15) is 13.2 Å². The first kappa shape index (κ1) is 22.6. The summed E-state index contributed by atoms with van der Waals surface area (Å²) in [6.07, 6.45) is 6.86. The van der Waals surface area contributed by atoms with Crippen molar-refractivity contribution in [2.75, 3.05) is 13.2 Å². The Morgan fingerprint density at radius 2 is 1.62 bits per heavy atom. The maximum atomic E-state index is 12.1. The lowest BCUT2D eigenvalue weighted by atomic mass is 9.97. The van der Waals surface area contributed by atoms with E-state index in [1.54, 1.807) is 0 Å². The summed E-state index contributed by atoms with van der Waals surface area (Å²) in [6, 6.07) is 0. The van der Waals surface area contributed by atoms with E-state index < -0.39 is 30.1 Å². The monoisotopic (exact) mass is 344 g/mol. The number of carbonyl (C=O) groups excluding carboxylic acids is 2. The van der Waals surface area contributed by atoms with E-state index in [1.165, 1.54) is 13.8 Å². The lowest BCUT2D eigenvalue weighted by molar-refractivity contribution is -0.158. The number of hydrogen-bond donors (Lipinski definition) is 2. The Morgan fingerprint density at radius 3 is 2.21 bits per heavy atom. The van der Waals surface area contributed by atoms with Crippen LogP contribution in [0.25, 0.3) is 0 Å². The number of hydrogen-bond acceptors (Lipinski definition) is 6. The average Bonchev–Trinajstić information content (AvgIpc) is 2.52. The molecule has 0 aromatic carbocycles. The Hall–Kier alpha value is -1.40. The van der Waals surface area contributed by atoms with E-state index >= 15 is 0 Å². The Kier molecular flexibility index (Phi) is 13.2. The zero-order valence-corrected chi connectivity index (χ0v) is 15.1. The number of aliphatic hydroxyl groups excluding tert-OH is 2. The first-order chi connectivity index (χ1) is 11.4. The molecule has 0 amide bonds. The van der Waals surface area contributed by atoms with Crippen molar-refractivity contribution < 1.29 is 29.3 Å². The summed E-state index contributed by atoms with van der Waals surface area (Å²) in [5.74, 6) is -1.60. The topological polar surface area (TPSA) is 93.1 Å². The van der Waals surface area contributed by atoms with Crippen LogP contribution in [0.3, 0.4) is 0 Å². The van der Waals surface area contributed by atoms with E-state index in [-0.39, 0.29) is 19.6 Å². The van der Waals surface area contributed by atoms with E-state index in [0.29, 0.717) is 6.42 Å². The first-order valence-electron chi connectivity index (χ1n) is 8.70. The van der Waals surface area contributed by atoms with Crippen LogP contribution in [-0.4, -0.2) is 47.6 Å². The summed E-state index contributed by atoms with van der Waals surface area (Å²) in [4.78, 5) is 23.9. The molecule has 140 valence electrons.